The SMILES string of the molecule is CCN1CCN(CCCCNC(=NC)NCCOC2CCCCCC2)CC1.I. The molecule has 1 aliphatic heterocycles. The molecular formula is C21H44IN5O. The summed E-state index contributed by atoms with van der Waals surface area (Å²) in [6.07, 6.45) is 10.8. The highest BCUT2D eigenvalue weighted by Gasteiger charge is 2.14. The number of halogens is 1. The minimum atomic E-state index is 0. The second-order valence-electron chi connectivity index (χ2n) is 7.89. The lowest BCUT2D eigenvalue weighted by Gasteiger charge is -2.34. The molecule has 0 bridgehead atoms. The Morgan fingerprint density at radius 2 is 1.57 bits per heavy atom. The Bertz CT molecular complexity index is 394. The number of piperazine rings is 1. The normalized spacial score (nSPS) is 20.4. The van der Waals surface area contributed by atoms with Crippen LogP contribution >= 0.6 is 24.0 Å². The first-order valence-corrected chi connectivity index (χ1v) is 11.3. The summed E-state index contributed by atoms with van der Waals surface area (Å²) >= 11 is 0. The molecule has 28 heavy (non-hydrogen) atoms. The van der Waals surface area contributed by atoms with Crippen LogP contribution in [-0.2, 0) is 4.74 Å². The predicted octanol–water partition coefficient (Wildman–Crippen LogP) is 2.93. The average Bonchev–Trinajstić information content (AvgIpc) is 2.98. The van der Waals surface area contributed by atoms with E-state index in [9.17, 15) is 0 Å². The van der Waals surface area contributed by atoms with Crippen LogP contribution in [0.1, 0.15) is 58.3 Å². The van der Waals surface area contributed by atoms with Crippen LogP contribution in [0.5, 0.6) is 0 Å². The van der Waals surface area contributed by atoms with E-state index < -0.39 is 0 Å². The maximum absolute atomic E-state index is 6.03. The van der Waals surface area contributed by atoms with Crippen LogP contribution in [0, 0.1) is 0 Å². The molecule has 1 saturated heterocycles. The molecule has 7 heteroatoms. The molecule has 166 valence electrons. The van der Waals surface area contributed by atoms with Crippen molar-refractivity contribution >= 4 is 29.9 Å². The molecule has 0 spiro atoms. The van der Waals surface area contributed by atoms with Crippen LogP contribution in [0.15, 0.2) is 4.99 Å². The Hall–Kier alpha value is -0.120. The molecular weight excluding hydrogens is 465 g/mol. The fraction of sp³-hybridized carbons (Fsp3) is 0.952. The highest BCUT2D eigenvalue weighted by Crippen LogP contribution is 2.19. The van der Waals surface area contributed by atoms with Gasteiger partial charge in [0.2, 0.25) is 0 Å². The Labute approximate surface area is 190 Å². The first-order chi connectivity index (χ1) is 13.3. The summed E-state index contributed by atoms with van der Waals surface area (Å²) in [5.74, 6) is 0.899. The number of nitrogens with zero attached hydrogens (tertiary/aromatic N) is 3. The van der Waals surface area contributed by atoms with Crippen molar-refractivity contribution in [1.29, 1.82) is 0 Å². The van der Waals surface area contributed by atoms with Gasteiger partial charge in [-0.1, -0.05) is 32.6 Å². The summed E-state index contributed by atoms with van der Waals surface area (Å²) < 4.78 is 6.03. The molecule has 1 heterocycles. The third-order valence-electron chi connectivity index (χ3n) is 5.88. The Morgan fingerprint density at radius 3 is 2.21 bits per heavy atom. The van der Waals surface area contributed by atoms with Gasteiger partial charge in [0.15, 0.2) is 5.96 Å². The fourth-order valence-corrected chi connectivity index (χ4v) is 4.02. The average molecular weight is 510 g/mol. The highest BCUT2D eigenvalue weighted by atomic mass is 127. The van der Waals surface area contributed by atoms with Gasteiger partial charge >= 0.3 is 0 Å². The van der Waals surface area contributed by atoms with Gasteiger partial charge in [-0.05, 0) is 38.8 Å². The first-order valence-electron chi connectivity index (χ1n) is 11.3. The second kappa shape index (κ2) is 16.7. The Morgan fingerprint density at radius 1 is 0.929 bits per heavy atom. The zero-order valence-corrected chi connectivity index (χ0v) is 20.6. The summed E-state index contributed by atoms with van der Waals surface area (Å²) in [4.78, 5) is 9.45. The summed E-state index contributed by atoms with van der Waals surface area (Å²) in [5, 5.41) is 6.80. The molecule has 1 saturated carbocycles. The van der Waals surface area contributed by atoms with Gasteiger partial charge in [-0.25, -0.2) is 0 Å². The van der Waals surface area contributed by atoms with E-state index in [-0.39, 0.29) is 24.0 Å². The zero-order chi connectivity index (χ0) is 19.2. The van der Waals surface area contributed by atoms with Crippen LogP contribution < -0.4 is 10.6 Å². The van der Waals surface area contributed by atoms with Crippen molar-refractivity contribution in [2.45, 2.75) is 64.4 Å². The van der Waals surface area contributed by atoms with Gasteiger partial charge in [-0.3, -0.25) is 4.99 Å². The third-order valence-corrected chi connectivity index (χ3v) is 5.88. The smallest absolute Gasteiger partial charge is 0.191 e. The molecule has 6 nitrogen and oxygen atoms in total. The van der Waals surface area contributed by atoms with E-state index in [1.807, 2.05) is 7.05 Å². The molecule has 0 aromatic heterocycles. The third kappa shape index (κ3) is 11.2. The van der Waals surface area contributed by atoms with E-state index in [2.05, 4.69) is 32.3 Å². The number of guanidine groups is 1. The number of likely N-dealkylation sites (N-methyl/N-ethyl adjacent to an activating group) is 1. The van der Waals surface area contributed by atoms with Crippen molar-refractivity contribution in [2.24, 2.45) is 4.99 Å². The molecule has 2 rings (SSSR count). The van der Waals surface area contributed by atoms with Crippen molar-refractivity contribution in [2.75, 3.05) is 66.0 Å². The molecule has 0 radical (unpaired) electrons. The lowest BCUT2D eigenvalue weighted by Crippen LogP contribution is -2.46. The number of aliphatic imine (C=N–C) groups is 1. The Balaban J connectivity index is 0.00000392. The largest absolute Gasteiger partial charge is 0.376 e. The quantitative estimate of drug-likeness (QED) is 0.156. The van der Waals surface area contributed by atoms with Crippen molar-refractivity contribution in [3.05, 3.63) is 0 Å². The van der Waals surface area contributed by atoms with Gasteiger partial charge in [0.1, 0.15) is 0 Å². The highest BCUT2D eigenvalue weighted by molar-refractivity contribution is 14.0. The standard InChI is InChI=1S/C21H43N5O.HI/c1-3-25-15-17-26(18-16-25)14-9-8-12-23-21(22-2)24-13-19-27-20-10-6-4-5-7-11-20;/h20H,3-19H2,1-2H3,(H2,22,23,24);1H. The van der Waals surface area contributed by atoms with E-state index in [0.29, 0.717) is 6.10 Å². The number of unbranched alkanes of at least 4 members (excludes halogenated alkanes) is 1. The molecule has 0 amide bonds. The van der Waals surface area contributed by atoms with E-state index >= 15 is 0 Å². The molecule has 0 aromatic carbocycles. The molecule has 0 unspecified atom stereocenters. The summed E-state index contributed by atoms with van der Waals surface area (Å²) in [7, 11) is 1.84. The van der Waals surface area contributed by atoms with Crippen LogP contribution in [0.2, 0.25) is 0 Å². The fourth-order valence-electron chi connectivity index (χ4n) is 4.02. The van der Waals surface area contributed by atoms with Gasteiger partial charge in [0.25, 0.3) is 0 Å². The maximum Gasteiger partial charge on any atom is 0.191 e. The lowest BCUT2D eigenvalue weighted by atomic mass is 10.1. The van der Waals surface area contributed by atoms with Crippen molar-refractivity contribution < 1.29 is 4.74 Å². The number of nitrogens with one attached hydrogen (secondary N) is 2. The van der Waals surface area contributed by atoms with Gasteiger partial charge in [0, 0.05) is 46.3 Å². The first kappa shape index (κ1) is 25.9. The van der Waals surface area contributed by atoms with Crippen LogP contribution in [0.4, 0.5) is 0 Å². The molecule has 2 fully saturated rings. The molecule has 1 aliphatic carbocycles. The van der Waals surface area contributed by atoms with Crippen LogP contribution in [0.25, 0.3) is 0 Å². The van der Waals surface area contributed by atoms with Crippen molar-refractivity contribution in [1.82, 2.24) is 20.4 Å². The minimum absolute atomic E-state index is 0. The van der Waals surface area contributed by atoms with Gasteiger partial charge in [0.05, 0.1) is 12.7 Å². The van der Waals surface area contributed by atoms with E-state index in [1.165, 1.54) is 90.6 Å². The van der Waals surface area contributed by atoms with Gasteiger partial charge in [-0.2, -0.15) is 0 Å². The second-order valence-corrected chi connectivity index (χ2v) is 7.89. The lowest BCUT2D eigenvalue weighted by molar-refractivity contribution is 0.0468. The number of hydrogen-bond acceptors (Lipinski definition) is 4. The molecule has 0 aromatic rings. The molecule has 0 atom stereocenters. The van der Waals surface area contributed by atoms with E-state index in [1.54, 1.807) is 0 Å². The Kier molecular flexibility index (Phi) is 15.4. The van der Waals surface area contributed by atoms with E-state index in [0.717, 1.165) is 25.7 Å². The van der Waals surface area contributed by atoms with Gasteiger partial charge < -0.3 is 25.2 Å². The predicted molar refractivity (Wildman–Crippen MR) is 130 cm³/mol. The van der Waals surface area contributed by atoms with Crippen molar-refractivity contribution in [3.63, 3.8) is 0 Å². The number of rotatable bonds is 10. The minimum Gasteiger partial charge on any atom is -0.376 e. The molecule has 2 N–H and O–H groups in total. The monoisotopic (exact) mass is 509 g/mol. The summed E-state index contributed by atoms with van der Waals surface area (Å²) in [6.45, 7) is 12.2. The van der Waals surface area contributed by atoms with Crippen LogP contribution in [0.3, 0.4) is 0 Å². The maximum atomic E-state index is 6.03. The topological polar surface area (TPSA) is 52.1 Å². The van der Waals surface area contributed by atoms with Gasteiger partial charge in [-0.15, -0.1) is 24.0 Å². The van der Waals surface area contributed by atoms with E-state index in [4.69, 9.17) is 4.74 Å². The number of hydrogen-bond donors (Lipinski definition) is 2. The van der Waals surface area contributed by atoms with Crippen molar-refractivity contribution in [3.8, 4) is 0 Å². The summed E-state index contributed by atoms with van der Waals surface area (Å²) in [6, 6.07) is 0. The number of ether oxygens (including phenoxy) is 1. The summed E-state index contributed by atoms with van der Waals surface area (Å²) in [5.41, 5.74) is 0. The zero-order valence-electron chi connectivity index (χ0n) is 18.3. The molecule has 2 aliphatic rings. The van der Waals surface area contributed by atoms with Crippen LogP contribution in [-0.4, -0.2) is 87.9 Å².